The van der Waals surface area contributed by atoms with Gasteiger partial charge in [-0.25, -0.2) is 4.57 Å². The first-order chi connectivity index (χ1) is 12.8. The lowest BCUT2D eigenvalue weighted by Crippen LogP contribution is -2.07. The van der Waals surface area contributed by atoms with Gasteiger partial charge in [-0.3, -0.25) is 9.32 Å². The molecule has 2 aromatic rings. The van der Waals surface area contributed by atoms with Crippen LogP contribution in [0.15, 0.2) is 42.5 Å². The number of hydrogen-bond acceptors (Lipinski definition) is 5. The molecule has 27 heavy (non-hydrogen) atoms. The Hall–Kier alpha value is -1.55. The third kappa shape index (κ3) is 5.97. The highest BCUT2D eigenvalue weighted by Gasteiger charge is 2.30. The molecule has 1 atom stereocenters. The van der Waals surface area contributed by atoms with Gasteiger partial charge in [-0.05, 0) is 68.8 Å². The molecule has 0 N–H and O–H groups in total. The standard InChI is InChI=1S/C21H27O4PS/c1-6-12-27-26(23,24-15(2)3)25-21-16(4)13-19(14-17(21)5)20(22)18-10-8-7-9-11-18/h7-11,13-15H,6,12H2,1-5H3. The molecule has 0 aliphatic rings. The second kappa shape index (κ2) is 9.59. The fraction of sp³-hybridized carbons (Fsp3) is 0.381. The summed E-state index contributed by atoms with van der Waals surface area (Å²) in [6.07, 6.45) is 0.668. The summed E-state index contributed by atoms with van der Waals surface area (Å²) in [4.78, 5) is 12.7. The smallest absolute Gasteiger partial charge is 0.416 e. The van der Waals surface area contributed by atoms with Crippen LogP contribution in [-0.4, -0.2) is 17.6 Å². The third-order valence-corrected chi connectivity index (χ3v) is 7.73. The van der Waals surface area contributed by atoms with Crippen molar-refractivity contribution in [2.45, 2.75) is 47.1 Å². The fourth-order valence-corrected chi connectivity index (χ4v) is 6.52. The van der Waals surface area contributed by atoms with Crippen molar-refractivity contribution in [1.82, 2.24) is 0 Å². The van der Waals surface area contributed by atoms with Crippen molar-refractivity contribution < 1.29 is 18.4 Å². The van der Waals surface area contributed by atoms with E-state index >= 15 is 0 Å². The van der Waals surface area contributed by atoms with Crippen LogP contribution in [0.5, 0.6) is 5.75 Å². The van der Waals surface area contributed by atoms with Crippen molar-refractivity contribution in [3.63, 3.8) is 0 Å². The van der Waals surface area contributed by atoms with Gasteiger partial charge in [-0.2, -0.15) is 0 Å². The first kappa shape index (κ1) is 21.7. The predicted molar refractivity (Wildman–Crippen MR) is 113 cm³/mol. The SMILES string of the molecule is CCCSP(=O)(Oc1c(C)cc(C(=O)c2ccccc2)cc1C)OC(C)C. The molecule has 0 aromatic heterocycles. The molecule has 0 fully saturated rings. The van der Waals surface area contributed by atoms with Crippen LogP contribution in [-0.2, 0) is 9.09 Å². The quantitative estimate of drug-likeness (QED) is 0.347. The Morgan fingerprint density at radius 1 is 1.07 bits per heavy atom. The van der Waals surface area contributed by atoms with Crippen molar-refractivity contribution in [3.8, 4) is 5.75 Å². The van der Waals surface area contributed by atoms with Gasteiger partial charge in [0.25, 0.3) is 0 Å². The van der Waals surface area contributed by atoms with E-state index < -0.39 is 6.80 Å². The van der Waals surface area contributed by atoms with Crippen molar-refractivity contribution in [2.75, 3.05) is 5.75 Å². The summed E-state index contributed by atoms with van der Waals surface area (Å²) in [7, 11) is 0. The maximum absolute atomic E-state index is 13.1. The van der Waals surface area contributed by atoms with Gasteiger partial charge < -0.3 is 4.52 Å². The van der Waals surface area contributed by atoms with E-state index in [0.29, 0.717) is 22.6 Å². The van der Waals surface area contributed by atoms with E-state index in [1.54, 1.807) is 24.3 Å². The van der Waals surface area contributed by atoms with E-state index in [-0.39, 0.29) is 11.9 Å². The minimum atomic E-state index is -3.33. The Morgan fingerprint density at radius 3 is 2.19 bits per heavy atom. The average Bonchev–Trinajstić information content (AvgIpc) is 2.62. The van der Waals surface area contributed by atoms with Crippen molar-refractivity contribution in [2.24, 2.45) is 0 Å². The van der Waals surface area contributed by atoms with Gasteiger partial charge in [0, 0.05) is 16.9 Å². The molecule has 0 radical (unpaired) electrons. The van der Waals surface area contributed by atoms with Gasteiger partial charge in [-0.1, -0.05) is 37.3 Å². The van der Waals surface area contributed by atoms with E-state index in [0.717, 1.165) is 17.5 Å². The molecule has 0 spiro atoms. The molecule has 2 aromatic carbocycles. The molecule has 0 amide bonds. The molecule has 0 bridgehead atoms. The summed E-state index contributed by atoms with van der Waals surface area (Å²) in [6, 6.07) is 12.7. The summed E-state index contributed by atoms with van der Waals surface area (Å²) in [5.74, 6) is 1.16. The van der Waals surface area contributed by atoms with E-state index in [1.165, 1.54) is 11.4 Å². The molecule has 0 saturated heterocycles. The number of benzene rings is 2. The fourth-order valence-electron chi connectivity index (χ4n) is 2.63. The highest BCUT2D eigenvalue weighted by molar-refractivity contribution is 8.55. The number of rotatable bonds is 9. The van der Waals surface area contributed by atoms with Crippen LogP contribution >= 0.6 is 18.2 Å². The van der Waals surface area contributed by atoms with Gasteiger partial charge in [0.1, 0.15) is 5.75 Å². The molecule has 1 unspecified atom stereocenters. The van der Waals surface area contributed by atoms with Crippen LogP contribution in [0.4, 0.5) is 0 Å². The lowest BCUT2D eigenvalue weighted by Gasteiger charge is -2.22. The first-order valence-corrected chi connectivity index (χ1v) is 12.2. The zero-order valence-corrected chi connectivity index (χ0v) is 18.2. The van der Waals surface area contributed by atoms with Crippen LogP contribution in [0.1, 0.15) is 54.2 Å². The second-order valence-electron chi connectivity index (χ2n) is 6.66. The second-order valence-corrected chi connectivity index (χ2v) is 10.7. The Labute approximate surface area is 165 Å². The van der Waals surface area contributed by atoms with Crippen LogP contribution in [0, 0.1) is 13.8 Å². The topological polar surface area (TPSA) is 52.6 Å². The van der Waals surface area contributed by atoms with Gasteiger partial charge >= 0.3 is 6.80 Å². The van der Waals surface area contributed by atoms with Crippen molar-refractivity contribution in [1.29, 1.82) is 0 Å². The summed E-state index contributed by atoms with van der Waals surface area (Å²) in [6.45, 7) is 6.07. The Kier molecular flexibility index (Phi) is 7.72. The minimum Gasteiger partial charge on any atom is -0.416 e. The molecule has 6 heteroatoms. The summed E-state index contributed by atoms with van der Waals surface area (Å²) in [5, 5.41) is 0. The molecule has 4 nitrogen and oxygen atoms in total. The van der Waals surface area contributed by atoms with E-state index in [2.05, 4.69) is 0 Å². The normalized spacial score (nSPS) is 13.4. The Morgan fingerprint density at radius 2 is 1.67 bits per heavy atom. The van der Waals surface area contributed by atoms with Gasteiger partial charge in [0.15, 0.2) is 5.78 Å². The largest absolute Gasteiger partial charge is 0.440 e. The molecule has 146 valence electrons. The van der Waals surface area contributed by atoms with Gasteiger partial charge in [-0.15, -0.1) is 0 Å². The molecule has 2 rings (SSSR count). The Bertz CT molecular complexity index is 810. The van der Waals surface area contributed by atoms with E-state index in [1.807, 2.05) is 52.8 Å². The first-order valence-electron chi connectivity index (χ1n) is 9.09. The number of carbonyl (C=O) groups is 1. The van der Waals surface area contributed by atoms with Crippen LogP contribution in [0.2, 0.25) is 0 Å². The van der Waals surface area contributed by atoms with E-state index in [9.17, 15) is 9.36 Å². The molecule has 0 aliphatic carbocycles. The summed E-state index contributed by atoms with van der Waals surface area (Å²) < 4.78 is 24.7. The number of aryl methyl sites for hydroxylation is 2. The summed E-state index contributed by atoms with van der Waals surface area (Å²) >= 11 is 1.22. The van der Waals surface area contributed by atoms with Gasteiger partial charge in [0.2, 0.25) is 0 Å². The maximum Gasteiger partial charge on any atom is 0.440 e. The molecular weight excluding hydrogens is 379 g/mol. The highest BCUT2D eigenvalue weighted by Crippen LogP contribution is 2.61. The Balaban J connectivity index is 2.33. The van der Waals surface area contributed by atoms with E-state index in [4.69, 9.17) is 9.05 Å². The monoisotopic (exact) mass is 406 g/mol. The maximum atomic E-state index is 13.1. The average molecular weight is 406 g/mol. The van der Waals surface area contributed by atoms with Crippen molar-refractivity contribution in [3.05, 3.63) is 64.7 Å². The molecule has 0 heterocycles. The number of carbonyl (C=O) groups excluding carboxylic acids is 1. The van der Waals surface area contributed by atoms with Crippen molar-refractivity contribution >= 4 is 24.0 Å². The minimum absolute atomic E-state index is 0.0460. The van der Waals surface area contributed by atoms with Crippen LogP contribution in [0.25, 0.3) is 0 Å². The predicted octanol–water partition coefficient (Wildman–Crippen LogP) is 6.59. The lowest BCUT2D eigenvalue weighted by molar-refractivity contribution is 0.103. The zero-order chi connectivity index (χ0) is 20.0. The molecule has 0 saturated carbocycles. The number of ketones is 1. The zero-order valence-electron chi connectivity index (χ0n) is 16.5. The highest BCUT2D eigenvalue weighted by atomic mass is 32.7. The molecule has 0 aliphatic heterocycles. The van der Waals surface area contributed by atoms with Crippen LogP contribution < -0.4 is 4.52 Å². The van der Waals surface area contributed by atoms with Gasteiger partial charge in [0.05, 0.1) is 6.10 Å². The molecular formula is C21H27O4PS. The third-order valence-electron chi connectivity index (χ3n) is 3.76. The lowest BCUT2D eigenvalue weighted by atomic mass is 9.99. The summed E-state index contributed by atoms with van der Waals surface area (Å²) in [5.41, 5.74) is 2.75. The van der Waals surface area contributed by atoms with Crippen LogP contribution in [0.3, 0.4) is 0 Å². The number of hydrogen-bond donors (Lipinski definition) is 0.